The molecule has 1 aromatic heterocycles. The highest BCUT2D eigenvalue weighted by molar-refractivity contribution is 7.99. The summed E-state index contributed by atoms with van der Waals surface area (Å²) in [6, 6.07) is 11.5. The van der Waals surface area contributed by atoms with E-state index in [2.05, 4.69) is 11.9 Å². The predicted octanol–water partition coefficient (Wildman–Crippen LogP) is 3.28. The van der Waals surface area contributed by atoms with Gasteiger partial charge in [-0.05, 0) is 35.6 Å². The van der Waals surface area contributed by atoms with Gasteiger partial charge in [0.15, 0.2) is 0 Å². The first-order valence-electron chi connectivity index (χ1n) is 6.16. The highest BCUT2D eigenvalue weighted by atomic mass is 32.2. The molecule has 1 heterocycles. The first-order chi connectivity index (χ1) is 9.26. The van der Waals surface area contributed by atoms with Gasteiger partial charge in [0.25, 0.3) is 0 Å². The molecular formula is C15H17NO2S. The fourth-order valence-electron chi connectivity index (χ4n) is 1.85. The normalized spacial score (nSPS) is 12.2. The summed E-state index contributed by atoms with van der Waals surface area (Å²) in [5, 5.41) is 10.4. The summed E-state index contributed by atoms with van der Waals surface area (Å²) in [4.78, 5) is 5.40. The van der Waals surface area contributed by atoms with Crippen LogP contribution in [0.3, 0.4) is 0 Å². The van der Waals surface area contributed by atoms with Crippen molar-refractivity contribution in [3.63, 3.8) is 0 Å². The Kier molecular flexibility index (Phi) is 4.82. The van der Waals surface area contributed by atoms with Gasteiger partial charge >= 0.3 is 0 Å². The lowest BCUT2D eigenvalue weighted by Crippen LogP contribution is -2.04. The minimum absolute atomic E-state index is 0.542. The lowest BCUT2D eigenvalue weighted by molar-refractivity contribution is 0.209. The van der Waals surface area contributed by atoms with Gasteiger partial charge < -0.3 is 9.84 Å². The quantitative estimate of drug-likeness (QED) is 0.850. The van der Waals surface area contributed by atoms with E-state index in [0.29, 0.717) is 11.4 Å². The second-order valence-corrected chi connectivity index (χ2v) is 5.33. The smallest absolute Gasteiger partial charge is 0.143 e. The van der Waals surface area contributed by atoms with E-state index < -0.39 is 6.10 Å². The molecule has 100 valence electrons. The molecule has 1 aromatic carbocycles. The van der Waals surface area contributed by atoms with Gasteiger partial charge in [0.2, 0.25) is 0 Å². The second-order valence-electron chi connectivity index (χ2n) is 4.00. The Morgan fingerprint density at radius 2 is 2.00 bits per heavy atom. The molecule has 19 heavy (non-hydrogen) atoms. The molecule has 2 rings (SSSR count). The zero-order valence-electron chi connectivity index (χ0n) is 11.0. The van der Waals surface area contributed by atoms with Crippen molar-refractivity contribution in [2.24, 2.45) is 0 Å². The molecule has 4 heteroatoms. The molecule has 0 radical (unpaired) electrons. The summed E-state index contributed by atoms with van der Waals surface area (Å²) in [5.74, 6) is 1.64. The van der Waals surface area contributed by atoms with E-state index in [0.717, 1.165) is 11.3 Å². The fraction of sp³-hybridized carbons (Fsp3) is 0.267. The van der Waals surface area contributed by atoms with Crippen molar-refractivity contribution in [2.75, 3.05) is 12.9 Å². The number of methoxy groups -OCH3 is 1. The van der Waals surface area contributed by atoms with E-state index in [1.165, 1.54) is 4.90 Å². The number of benzene rings is 1. The Bertz CT molecular complexity index is 528. The van der Waals surface area contributed by atoms with E-state index in [1.54, 1.807) is 37.2 Å². The van der Waals surface area contributed by atoms with Crippen LogP contribution in [0.2, 0.25) is 0 Å². The number of aliphatic hydroxyl groups excluding tert-OH is 1. The van der Waals surface area contributed by atoms with Crippen LogP contribution in [0.25, 0.3) is 0 Å². The summed E-state index contributed by atoms with van der Waals surface area (Å²) in [7, 11) is 1.58. The Morgan fingerprint density at radius 1 is 1.26 bits per heavy atom. The first kappa shape index (κ1) is 13.9. The number of aliphatic hydroxyl groups is 1. The van der Waals surface area contributed by atoms with Crippen LogP contribution in [0.1, 0.15) is 24.3 Å². The molecule has 3 nitrogen and oxygen atoms in total. The minimum Gasteiger partial charge on any atom is -0.495 e. The van der Waals surface area contributed by atoms with E-state index in [1.807, 2.05) is 24.3 Å². The van der Waals surface area contributed by atoms with Crippen LogP contribution in [0.15, 0.2) is 47.5 Å². The summed E-state index contributed by atoms with van der Waals surface area (Å²) in [6.45, 7) is 2.12. The summed E-state index contributed by atoms with van der Waals surface area (Å²) < 4.78 is 5.22. The molecule has 0 aliphatic heterocycles. The largest absolute Gasteiger partial charge is 0.495 e. The van der Waals surface area contributed by atoms with Crippen LogP contribution in [-0.4, -0.2) is 23.0 Å². The van der Waals surface area contributed by atoms with Crippen molar-refractivity contribution < 1.29 is 9.84 Å². The third kappa shape index (κ3) is 3.28. The molecule has 1 N–H and O–H groups in total. The number of rotatable bonds is 5. The van der Waals surface area contributed by atoms with Crippen LogP contribution in [0, 0.1) is 0 Å². The SMILES string of the molecule is CCSc1ccc(C(O)c2ncccc2OC)cc1. The van der Waals surface area contributed by atoms with E-state index in [4.69, 9.17) is 4.74 Å². The number of aromatic nitrogens is 1. The van der Waals surface area contributed by atoms with E-state index in [-0.39, 0.29) is 0 Å². The van der Waals surface area contributed by atoms with E-state index in [9.17, 15) is 5.11 Å². The van der Waals surface area contributed by atoms with Crippen molar-refractivity contribution >= 4 is 11.8 Å². The Morgan fingerprint density at radius 3 is 2.63 bits per heavy atom. The van der Waals surface area contributed by atoms with Gasteiger partial charge in [0, 0.05) is 11.1 Å². The average Bonchev–Trinajstić information content (AvgIpc) is 2.47. The monoisotopic (exact) mass is 275 g/mol. The van der Waals surface area contributed by atoms with Crippen molar-refractivity contribution in [3.8, 4) is 5.75 Å². The predicted molar refractivity (Wildman–Crippen MR) is 77.7 cm³/mol. The molecule has 0 fully saturated rings. The van der Waals surface area contributed by atoms with Crippen molar-refractivity contribution in [3.05, 3.63) is 53.9 Å². The molecule has 1 unspecified atom stereocenters. The van der Waals surface area contributed by atoms with Crippen LogP contribution < -0.4 is 4.74 Å². The highest BCUT2D eigenvalue weighted by Gasteiger charge is 2.16. The summed E-state index contributed by atoms with van der Waals surface area (Å²) in [5.41, 5.74) is 1.36. The number of thioether (sulfide) groups is 1. The van der Waals surface area contributed by atoms with Crippen molar-refractivity contribution in [2.45, 2.75) is 17.9 Å². The van der Waals surface area contributed by atoms with Gasteiger partial charge in [0.05, 0.1) is 7.11 Å². The van der Waals surface area contributed by atoms with Crippen LogP contribution in [-0.2, 0) is 0 Å². The zero-order chi connectivity index (χ0) is 13.7. The maximum absolute atomic E-state index is 10.4. The molecular weight excluding hydrogens is 258 g/mol. The number of pyridine rings is 1. The molecule has 0 aliphatic carbocycles. The highest BCUT2D eigenvalue weighted by Crippen LogP contribution is 2.29. The number of hydrogen-bond acceptors (Lipinski definition) is 4. The Balaban J connectivity index is 2.25. The van der Waals surface area contributed by atoms with Gasteiger partial charge in [-0.3, -0.25) is 4.98 Å². The third-order valence-electron chi connectivity index (χ3n) is 2.79. The molecule has 0 amide bonds. The molecule has 0 saturated carbocycles. The van der Waals surface area contributed by atoms with Gasteiger partial charge in [0.1, 0.15) is 17.5 Å². The minimum atomic E-state index is -0.767. The standard InChI is InChI=1S/C15H17NO2S/c1-3-19-12-8-6-11(7-9-12)15(17)14-13(18-2)5-4-10-16-14/h4-10,15,17H,3H2,1-2H3. The average molecular weight is 275 g/mol. The Hall–Kier alpha value is -1.52. The molecule has 0 spiro atoms. The molecule has 0 saturated heterocycles. The van der Waals surface area contributed by atoms with Crippen molar-refractivity contribution in [1.29, 1.82) is 0 Å². The third-order valence-corrected chi connectivity index (χ3v) is 3.68. The maximum Gasteiger partial charge on any atom is 0.143 e. The lowest BCUT2D eigenvalue weighted by Gasteiger charge is -2.14. The number of nitrogens with zero attached hydrogens (tertiary/aromatic N) is 1. The lowest BCUT2D eigenvalue weighted by atomic mass is 10.1. The van der Waals surface area contributed by atoms with Crippen LogP contribution >= 0.6 is 11.8 Å². The van der Waals surface area contributed by atoms with Gasteiger partial charge in [-0.15, -0.1) is 11.8 Å². The molecule has 0 bridgehead atoms. The van der Waals surface area contributed by atoms with Gasteiger partial charge in [-0.2, -0.15) is 0 Å². The molecule has 0 aliphatic rings. The number of ether oxygens (including phenoxy) is 1. The first-order valence-corrected chi connectivity index (χ1v) is 7.14. The molecule has 2 aromatic rings. The zero-order valence-corrected chi connectivity index (χ0v) is 11.9. The maximum atomic E-state index is 10.4. The number of hydrogen-bond donors (Lipinski definition) is 1. The van der Waals surface area contributed by atoms with Gasteiger partial charge in [-0.1, -0.05) is 19.1 Å². The summed E-state index contributed by atoms with van der Waals surface area (Å²) >= 11 is 1.78. The van der Waals surface area contributed by atoms with E-state index >= 15 is 0 Å². The second kappa shape index (κ2) is 6.59. The van der Waals surface area contributed by atoms with Crippen LogP contribution in [0.4, 0.5) is 0 Å². The van der Waals surface area contributed by atoms with Crippen LogP contribution in [0.5, 0.6) is 5.75 Å². The fourth-order valence-corrected chi connectivity index (χ4v) is 2.51. The summed E-state index contributed by atoms with van der Waals surface area (Å²) in [6.07, 6.45) is 0.888. The van der Waals surface area contributed by atoms with Crippen molar-refractivity contribution in [1.82, 2.24) is 4.98 Å². The topological polar surface area (TPSA) is 42.4 Å². The Labute approximate surface area is 117 Å². The molecule has 1 atom stereocenters. The van der Waals surface area contributed by atoms with Gasteiger partial charge in [-0.25, -0.2) is 0 Å².